The minimum absolute atomic E-state index is 0.0902. The summed E-state index contributed by atoms with van der Waals surface area (Å²) in [6, 6.07) is 0. The molecule has 0 saturated heterocycles. The second-order valence-corrected chi connectivity index (χ2v) is 28.1. The summed E-state index contributed by atoms with van der Waals surface area (Å²) >= 11 is 0. The molecule has 556 valence electrons. The smallest absolute Gasteiger partial charge is 0.462 e. The first-order valence-electron chi connectivity index (χ1n) is 37.8. The van der Waals surface area contributed by atoms with Gasteiger partial charge in [-0.05, 0) is 96.3 Å². The average Bonchev–Trinajstić information content (AvgIpc) is 1.09. The van der Waals surface area contributed by atoms with Crippen molar-refractivity contribution in [1.82, 2.24) is 0 Å². The number of carbonyl (C=O) groups is 4. The van der Waals surface area contributed by atoms with Gasteiger partial charge in [-0.3, -0.25) is 37.3 Å². The zero-order valence-corrected chi connectivity index (χ0v) is 62.3. The minimum atomic E-state index is -4.98. The number of carbonyl (C=O) groups excluding carboxylic acids is 4. The Hall–Kier alpha value is -3.76. The van der Waals surface area contributed by atoms with Gasteiger partial charge in [-0.15, -0.1) is 0 Å². The Labute approximate surface area is 583 Å². The number of phosphoric acid groups is 2. The highest BCUT2D eigenvalue weighted by atomic mass is 31.2. The molecule has 0 spiro atoms. The molecule has 5 unspecified atom stereocenters. The maximum atomic E-state index is 13.1. The fraction of sp³-hybridized carbons (Fsp3) is 0.766. The van der Waals surface area contributed by atoms with E-state index < -0.39 is 97.5 Å². The van der Waals surface area contributed by atoms with Crippen molar-refractivity contribution in [3.05, 3.63) is 85.1 Å². The van der Waals surface area contributed by atoms with Crippen LogP contribution in [0, 0.1) is 0 Å². The summed E-state index contributed by atoms with van der Waals surface area (Å²) in [6.07, 6.45) is 70.1. The van der Waals surface area contributed by atoms with Gasteiger partial charge in [0.05, 0.1) is 26.4 Å². The molecule has 3 N–H and O–H groups in total. The van der Waals surface area contributed by atoms with E-state index in [1.165, 1.54) is 103 Å². The molecule has 0 fully saturated rings. The van der Waals surface area contributed by atoms with Gasteiger partial charge in [0.2, 0.25) is 0 Å². The van der Waals surface area contributed by atoms with E-state index >= 15 is 0 Å². The Morgan fingerprint density at radius 3 is 0.854 bits per heavy atom. The van der Waals surface area contributed by atoms with Crippen molar-refractivity contribution in [3.8, 4) is 0 Å². The SMILES string of the molecule is CC/C=C\C/C=C\C/C=C\C/C=C\CCCCC(=O)OCC(COP(=O)(O)OCC(O)COP(=O)(O)OCC(COC(=O)CCCCCCC/C=C\C/C=C\C/C=C\CC)OC(=O)CCCCCCCCCCCCC)OC(=O)CCCCCCCCCCCCCCCCC. The van der Waals surface area contributed by atoms with Gasteiger partial charge in [0, 0.05) is 25.7 Å². The Kier molecular flexibility index (Phi) is 67.0. The molecule has 0 amide bonds. The van der Waals surface area contributed by atoms with Crippen LogP contribution in [0.5, 0.6) is 0 Å². The molecule has 0 rings (SSSR count). The van der Waals surface area contributed by atoms with E-state index in [2.05, 4.69) is 113 Å². The maximum absolute atomic E-state index is 13.1. The number of aliphatic hydroxyl groups is 1. The molecule has 19 heteroatoms. The van der Waals surface area contributed by atoms with E-state index in [0.29, 0.717) is 25.7 Å². The van der Waals surface area contributed by atoms with Gasteiger partial charge in [-0.2, -0.15) is 0 Å². The van der Waals surface area contributed by atoms with Crippen molar-refractivity contribution in [1.29, 1.82) is 0 Å². The molecule has 0 heterocycles. The van der Waals surface area contributed by atoms with Crippen LogP contribution in [0.15, 0.2) is 85.1 Å². The van der Waals surface area contributed by atoms with Crippen LogP contribution in [-0.2, 0) is 65.4 Å². The molecule has 5 atom stereocenters. The van der Waals surface area contributed by atoms with Crippen LogP contribution in [0.3, 0.4) is 0 Å². The molecule has 0 bridgehead atoms. The van der Waals surface area contributed by atoms with Crippen molar-refractivity contribution >= 4 is 39.5 Å². The van der Waals surface area contributed by atoms with E-state index in [-0.39, 0.29) is 25.7 Å². The second-order valence-electron chi connectivity index (χ2n) is 25.2. The summed E-state index contributed by atoms with van der Waals surface area (Å²) in [5.74, 6) is -2.22. The number of aliphatic hydroxyl groups excluding tert-OH is 1. The second kappa shape index (κ2) is 69.7. The Morgan fingerprint density at radius 1 is 0.302 bits per heavy atom. The van der Waals surface area contributed by atoms with E-state index in [1.807, 2.05) is 0 Å². The lowest BCUT2D eigenvalue weighted by molar-refractivity contribution is -0.161. The summed E-state index contributed by atoms with van der Waals surface area (Å²) < 4.78 is 68.4. The Morgan fingerprint density at radius 2 is 0.542 bits per heavy atom. The van der Waals surface area contributed by atoms with E-state index in [9.17, 15) is 43.2 Å². The van der Waals surface area contributed by atoms with Crippen LogP contribution in [0.2, 0.25) is 0 Å². The van der Waals surface area contributed by atoms with Crippen LogP contribution in [-0.4, -0.2) is 96.7 Å². The van der Waals surface area contributed by atoms with Gasteiger partial charge >= 0.3 is 39.5 Å². The molecule has 0 radical (unpaired) electrons. The molecule has 96 heavy (non-hydrogen) atoms. The molecule has 0 aromatic heterocycles. The summed E-state index contributed by atoms with van der Waals surface area (Å²) in [4.78, 5) is 72.8. The average molecular weight is 1400 g/mol. The summed E-state index contributed by atoms with van der Waals surface area (Å²) in [6.45, 7) is 4.61. The quantitative estimate of drug-likeness (QED) is 0.0169. The number of phosphoric ester groups is 2. The first-order valence-corrected chi connectivity index (χ1v) is 40.8. The summed E-state index contributed by atoms with van der Waals surface area (Å²) in [7, 11) is -9.95. The molecule has 0 saturated carbocycles. The lowest BCUT2D eigenvalue weighted by Gasteiger charge is -2.21. The lowest BCUT2D eigenvalue weighted by Crippen LogP contribution is -2.30. The number of unbranched alkanes of at least 4 members (excludes halogenated alkanes) is 31. The van der Waals surface area contributed by atoms with Crippen LogP contribution in [0.1, 0.15) is 323 Å². The van der Waals surface area contributed by atoms with Crippen molar-refractivity contribution < 1.29 is 80.2 Å². The molecule has 17 nitrogen and oxygen atoms in total. The van der Waals surface area contributed by atoms with Crippen molar-refractivity contribution in [2.45, 2.75) is 341 Å². The molecular formula is C77H136O17P2. The zero-order chi connectivity index (χ0) is 70.4. The maximum Gasteiger partial charge on any atom is 0.472 e. The largest absolute Gasteiger partial charge is 0.472 e. The predicted octanol–water partition coefficient (Wildman–Crippen LogP) is 21.4. The van der Waals surface area contributed by atoms with E-state index in [4.69, 9.17) is 37.0 Å². The predicted molar refractivity (Wildman–Crippen MR) is 390 cm³/mol. The molecule has 0 aromatic carbocycles. The van der Waals surface area contributed by atoms with E-state index in [1.54, 1.807) is 0 Å². The van der Waals surface area contributed by atoms with Gasteiger partial charge in [-0.25, -0.2) is 9.13 Å². The van der Waals surface area contributed by atoms with Crippen LogP contribution < -0.4 is 0 Å². The number of rotatable bonds is 71. The van der Waals surface area contributed by atoms with Crippen molar-refractivity contribution in [2.75, 3.05) is 39.6 Å². The normalized spacial score (nSPS) is 14.4. The third kappa shape index (κ3) is 68.8. The van der Waals surface area contributed by atoms with E-state index in [0.717, 1.165) is 141 Å². The standard InChI is InChI=1S/C77H136O17P2/c1-5-9-13-17-21-25-29-32-35-38-42-45-49-53-57-61-74(79)87-67-72(93-76(81)63-59-55-51-47-41-28-24-20-16-12-8-4)69-91-95(83,84)89-65-71(78)66-90-96(85,86)92-70-73(94-77(82)64-60-56-52-48-44-40-37-34-31-27-23-19-15-11-7-3)68-88-75(80)62-58-54-50-46-43-39-36-33-30-26-22-18-14-10-6-2/h9-10,13-14,21-22,25-26,32-33,35-36,43,46,71-73,78H,5-8,11-12,15-20,23-24,27-31,34,37-42,44-45,47-70H2,1-4H3,(H,83,84)(H,85,86)/b13-9-,14-10-,25-21-,26-22-,35-32-,36-33-,46-43-. The number of hydrogen-bond donors (Lipinski definition) is 3. The third-order valence-electron chi connectivity index (χ3n) is 15.9. The third-order valence-corrected chi connectivity index (χ3v) is 17.8. The fourth-order valence-electron chi connectivity index (χ4n) is 10.2. The van der Waals surface area contributed by atoms with Gasteiger partial charge in [0.25, 0.3) is 0 Å². The Bertz CT molecular complexity index is 2160. The molecule has 0 aliphatic carbocycles. The zero-order valence-electron chi connectivity index (χ0n) is 60.5. The van der Waals surface area contributed by atoms with Crippen LogP contribution in [0.4, 0.5) is 0 Å². The highest BCUT2D eigenvalue weighted by Gasteiger charge is 2.30. The van der Waals surface area contributed by atoms with Gasteiger partial charge in [-0.1, -0.05) is 286 Å². The summed E-state index contributed by atoms with van der Waals surface area (Å²) in [5, 5.41) is 10.6. The lowest BCUT2D eigenvalue weighted by atomic mass is 10.0. The highest BCUT2D eigenvalue weighted by Crippen LogP contribution is 2.45. The first-order chi connectivity index (χ1) is 46.7. The van der Waals surface area contributed by atoms with Crippen LogP contribution in [0.25, 0.3) is 0 Å². The monoisotopic (exact) mass is 1390 g/mol. The number of hydrogen-bond acceptors (Lipinski definition) is 15. The van der Waals surface area contributed by atoms with Crippen molar-refractivity contribution in [3.63, 3.8) is 0 Å². The topological polar surface area (TPSA) is 237 Å². The summed E-state index contributed by atoms with van der Waals surface area (Å²) in [5.41, 5.74) is 0. The van der Waals surface area contributed by atoms with Crippen LogP contribution >= 0.6 is 15.6 Å². The van der Waals surface area contributed by atoms with Gasteiger partial charge in [0.1, 0.15) is 19.3 Å². The molecule has 0 aliphatic rings. The number of ether oxygens (including phenoxy) is 4. The fourth-order valence-corrected chi connectivity index (χ4v) is 11.7. The highest BCUT2D eigenvalue weighted by molar-refractivity contribution is 7.47. The Balaban J connectivity index is 5.35. The number of esters is 4. The minimum Gasteiger partial charge on any atom is -0.462 e. The first kappa shape index (κ1) is 92.2. The molecule has 0 aromatic rings. The van der Waals surface area contributed by atoms with Gasteiger partial charge < -0.3 is 33.8 Å². The number of allylic oxidation sites excluding steroid dienone is 14. The van der Waals surface area contributed by atoms with Crippen molar-refractivity contribution in [2.24, 2.45) is 0 Å². The van der Waals surface area contributed by atoms with Gasteiger partial charge in [0.15, 0.2) is 12.2 Å². The molecule has 0 aliphatic heterocycles. The molecular weight excluding hydrogens is 1260 g/mol.